The number of rotatable bonds is 5. The highest BCUT2D eigenvalue weighted by Crippen LogP contribution is 2.15. The number of carbonyl (C=O) groups is 2. The highest BCUT2D eigenvalue weighted by atomic mass is 16.5. The molecule has 0 unspecified atom stereocenters. The Balaban J connectivity index is 2.54. The van der Waals surface area contributed by atoms with Crippen LogP contribution in [0, 0.1) is 0 Å². The van der Waals surface area contributed by atoms with Crippen molar-refractivity contribution in [2.24, 2.45) is 0 Å². The minimum atomic E-state index is -0.425. The van der Waals surface area contributed by atoms with Crippen molar-refractivity contribution < 1.29 is 19.4 Å². The van der Waals surface area contributed by atoms with E-state index in [1.807, 2.05) is 0 Å². The minimum Gasteiger partial charge on any atom is -0.506 e. The number of esters is 1. The smallest absolute Gasteiger partial charge is 0.306 e. The molecule has 1 rings (SSSR count). The zero-order valence-electron chi connectivity index (χ0n) is 8.97. The van der Waals surface area contributed by atoms with Gasteiger partial charge in [0.05, 0.1) is 13.0 Å². The van der Waals surface area contributed by atoms with Crippen LogP contribution in [0.4, 0.5) is 0 Å². The molecule has 0 aliphatic rings. The molecule has 1 aromatic rings. The van der Waals surface area contributed by atoms with Crippen molar-refractivity contribution in [2.45, 2.75) is 19.8 Å². The SMILES string of the molecule is CCOC(=O)CCC(=O)c1ncccc1O. The quantitative estimate of drug-likeness (QED) is 0.601. The minimum absolute atomic E-state index is 0.00267. The molecule has 0 saturated heterocycles. The fourth-order valence-corrected chi connectivity index (χ4v) is 1.18. The van der Waals surface area contributed by atoms with Crippen LogP contribution in [0.1, 0.15) is 30.3 Å². The van der Waals surface area contributed by atoms with Crippen LogP contribution >= 0.6 is 0 Å². The van der Waals surface area contributed by atoms with Gasteiger partial charge in [-0.3, -0.25) is 9.59 Å². The van der Waals surface area contributed by atoms with Gasteiger partial charge in [0.1, 0.15) is 11.4 Å². The zero-order chi connectivity index (χ0) is 12.0. The Morgan fingerprint density at radius 3 is 2.81 bits per heavy atom. The van der Waals surface area contributed by atoms with Gasteiger partial charge in [-0.2, -0.15) is 0 Å². The molecule has 1 heterocycles. The molecular formula is C11H13NO4. The number of aromatic nitrogens is 1. The van der Waals surface area contributed by atoms with Gasteiger partial charge < -0.3 is 9.84 Å². The van der Waals surface area contributed by atoms with E-state index in [2.05, 4.69) is 9.72 Å². The molecule has 0 atom stereocenters. The molecule has 0 aliphatic carbocycles. The standard InChI is InChI=1S/C11H13NO4/c1-2-16-10(15)6-5-9(14)11-8(13)4-3-7-12-11/h3-4,7,13H,2,5-6H2,1H3. The highest BCUT2D eigenvalue weighted by Gasteiger charge is 2.14. The van der Waals surface area contributed by atoms with Gasteiger partial charge >= 0.3 is 5.97 Å². The van der Waals surface area contributed by atoms with Gasteiger partial charge in [-0.25, -0.2) is 4.98 Å². The van der Waals surface area contributed by atoms with E-state index in [1.165, 1.54) is 18.3 Å². The van der Waals surface area contributed by atoms with Gasteiger partial charge in [-0.1, -0.05) is 0 Å². The number of pyridine rings is 1. The second kappa shape index (κ2) is 5.85. The van der Waals surface area contributed by atoms with Gasteiger partial charge in [0.2, 0.25) is 0 Å². The monoisotopic (exact) mass is 223 g/mol. The molecule has 0 amide bonds. The first kappa shape index (κ1) is 12.2. The Bertz CT molecular complexity index is 389. The summed E-state index contributed by atoms with van der Waals surface area (Å²) in [6, 6.07) is 2.90. The van der Waals surface area contributed by atoms with Crippen LogP contribution in [-0.4, -0.2) is 28.4 Å². The molecule has 0 bridgehead atoms. The second-order valence-corrected chi connectivity index (χ2v) is 3.10. The molecule has 1 aromatic heterocycles. The average molecular weight is 223 g/mol. The molecule has 5 nitrogen and oxygen atoms in total. The molecule has 16 heavy (non-hydrogen) atoms. The van der Waals surface area contributed by atoms with Gasteiger partial charge in [0.25, 0.3) is 0 Å². The summed E-state index contributed by atoms with van der Waals surface area (Å²) in [5.41, 5.74) is -0.00759. The Labute approximate surface area is 93.1 Å². The third-order valence-corrected chi connectivity index (χ3v) is 1.91. The molecule has 5 heteroatoms. The van der Waals surface area contributed by atoms with Crippen LogP contribution in [0.25, 0.3) is 0 Å². The molecule has 86 valence electrons. The van der Waals surface area contributed by atoms with Crippen LogP contribution in [-0.2, 0) is 9.53 Å². The maximum absolute atomic E-state index is 11.5. The lowest BCUT2D eigenvalue weighted by Gasteiger charge is -2.02. The molecule has 0 spiro atoms. The first-order valence-electron chi connectivity index (χ1n) is 4.98. The number of ether oxygens (including phenoxy) is 1. The maximum Gasteiger partial charge on any atom is 0.306 e. The largest absolute Gasteiger partial charge is 0.506 e. The predicted octanol–water partition coefficient (Wildman–Crippen LogP) is 1.31. The van der Waals surface area contributed by atoms with E-state index in [4.69, 9.17) is 0 Å². The normalized spacial score (nSPS) is 9.81. The fourth-order valence-electron chi connectivity index (χ4n) is 1.18. The maximum atomic E-state index is 11.5. The molecule has 0 fully saturated rings. The number of nitrogens with zero attached hydrogens (tertiary/aromatic N) is 1. The van der Waals surface area contributed by atoms with E-state index in [9.17, 15) is 14.7 Å². The topological polar surface area (TPSA) is 76.5 Å². The molecular weight excluding hydrogens is 210 g/mol. The van der Waals surface area contributed by atoms with Crippen molar-refractivity contribution in [3.05, 3.63) is 24.0 Å². The fraction of sp³-hybridized carbons (Fsp3) is 0.364. The summed E-state index contributed by atoms with van der Waals surface area (Å²) in [4.78, 5) is 26.3. The van der Waals surface area contributed by atoms with Crippen molar-refractivity contribution in [3.63, 3.8) is 0 Å². The first-order valence-corrected chi connectivity index (χ1v) is 4.98. The van der Waals surface area contributed by atoms with E-state index in [-0.39, 0.29) is 30.1 Å². The van der Waals surface area contributed by atoms with Crippen LogP contribution in [0.3, 0.4) is 0 Å². The van der Waals surface area contributed by atoms with Gasteiger partial charge in [0.15, 0.2) is 5.78 Å². The molecule has 0 aliphatic heterocycles. The first-order chi connectivity index (χ1) is 7.65. The summed E-state index contributed by atoms with van der Waals surface area (Å²) >= 11 is 0. The average Bonchev–Trinajstić information content (AvgIpc) is 2.27. The lowest BCUT2D eigenvalue weighted by atomic mass is 10.1. The molecule has 0 aromatic carbocycles. The van der Waals surface area contributed by atoms with Gasteiger partial charge in [-0.05, 0) is 19.1 Å². The van der Waals surface area contributed by atoms with Crippen LogP contribution in [0.2, 0.25) is 0 Å². The van der Waals surface area contributed by atoms with Crippen LogP contribution < -0.4 is 0 Å². The summed E-state index contributed by atoms with van der Waals surface area (Å²) in [6.07, 6.45) is 1.41. The van der Waals surface area contributed by atoms with Crippen molar-refractivity contribution in [3.8, 4) is 5.75 Å². The number of aromatic hydroxyl groups is 1. The summed E-state index contributed by atoms with van der Waals surface area (Å²) in [5.74, 6) is -0.964. The lowest BCUT2D eigenvalue weighted by Crippen LogP contribution is -2.09. The number of carbonyl (C=O) groups excluding carboxylic acids is 2. The third-order valence-electron chi connectivity index (χ3n) is 1.91. The highest BCUT2D eigenvalue weighted by molar-refractivity contribution is 5.97. The van der Waals surface area contributed by atoms with Gasteiger partial charge in [-0.15, -0.1) is 0 Å². The van der Waals surface area contributed by atoms with E-state index in [0.29, 0.717) is 6.61 Å². The third kappa shape index (κ3) is 3.34. The number of Topliss-reactive ketones (excluding diaryl/α,β-unsaturated/α-hetero) is 1. The van der Waals surface area contributed by atoms with E-state index in [0.717, 1.165) is 0 Å². The van der Waals surface area contributed by atoms with Crippen molar-refractivity contribution in [2.75, 3.05) is 6.61 Å². The van der Waals surface area contributed by atoms with Crippen molar-refractivity contribution in [1.29, 1.82) is 0 Å². The Morgan fingerprint density at radius 1 is 1.44 bits per heavy atom. The van der Waals surface area contributed by atoms with E-state index >= 15 is 0 Å². The second-order valence-electron chi connectivity index (χ2n) is 3.10. The molecule has 1 N–H and O–H groups in total. The number of hydrogen-bond donors (Lipinski definition) is 1. The van der Waals surface area contributed by atoms with Crippen LogP contribution in [0.5, 0.6) is 5.75 Å². The Morgan fingerprint density at radius 2 is 2.19 bits per heavy atom. The number of ketones is 1. The Hall–Kier alpha value is -1.91. The molecule has 0 saturated carbocycles. The zero-order valence-corrected chi connectivity index (χ0v) is 8.97. The van der Waals surface area contributed by atoms with E-state index < -0.39 is 5.97 Å². The number of hydrogen-bond acceptors (Lipinski definition) is 5. The predicted molar refractivity (Wildman–Crippen MR) is 56.1 cm³/mol. The van der Waals surface area contributed by atoms with Crippen LogP contribution in [0.15, 0.2) is 18.3 Å². The lowest BCUT2D eigenvalue weighted by molar-refractivity contribution is -0.143. The summed E-state index contributed by atoms with van der Waals surface area (Å²) in [5, 5.41) is 9.35. The van der Waals surface area contributed by atoms with Crippen molar-refractivity contribution >= 4 is 11.8 Å². The summed E-state index contributed by atoms with van der Waals surface area (Å²) < 4.78 is 4.68. The van der Waals surface area contributed by atoms with E-state index in [1.54, 1.807) is 6.92 Å². The summed E-state index contributed by atoms with van der Waals surface area (Å²) in [7, 11) is 0. The Kier molecular flexibility index (Phi) is 4.44. The van der Waals surface area contributed by atoms with Gasteiger partial charge in [0, 0.05) is 12.6 Å². The molecule has 0 radical (unpaired) electrons. The summed E-state index contributed by atoms with van der Waals surface area (Å²) in [6.45, 7) is 1.99. The van der Waals surface area contributed by atoms with Crippen molar-refractivity contribution in [1.82, 2.24) is 4.98 Å².